The summed E-state index contributed by atoms with van der Waals surface area (Å²) >= 11 is 0. The van der Waals surface area contributed by atoms with Crippen LogP contribution in [0.2, 0.25) is 0 Å². The number of hydrogen-bond donors (Lipinski definition) is 0. The topological polar surface area (TPSA) is 45.9 Å². The molecule has 0 N–H and O–H groups in total. The molecule has 5 nitrogen and oxygen atoms in total. The molecule has 0 radical (unpaired) electrons. The van der Waals surface area contributed by atoms with Gasteiger partial charge >= 0.3 is 5.97 Å². The van der Waals surface area contributed by atoms with Crippen LogP contribution >= 0.6 is 0 Å². The largest absolute Gasteiger partial charge is 0.463 e. The van der Waals surface area contributed by atoms with E-state index in [1.54, 1.807) is 6.07 Å². The highest BCUT2D eigenvalue weighted by molar-refractivity contribution is 5.86. The van der Waals surface area contributed by atoms with Crippen LogP contribution in [0.1, 0.15) is 42.6 Å². The van der Waals surface area contributed by atoms with E-state index in [0.29, 0.717) is 6.04 Å². The van der Waals surface area contributed by atoms with Gasteiger partial charge in [-0.05, 0) is 46.0 Å². The summed E-state index contributed by atoms with van der Waals surface area (Å²) in [6.07, 6.45) is 1.15. The first-order valence-electron chi connectivity index (χ1n) is 7.15. The quantitative estimate of drug-likeness (QED) is 0.794. The fourth-order valence-corrected chi connectivity index (χ4v) is 2.92. The highest BCUT2D eigenvalue weighted by Crippen LogP contribution is 2.26. The molecule has 0 aromatic carbocycles. The summed E-state index contributed by atoms with van der Waals surface area (Å²) in [4.78, 5) is 16.2. The molecule has 5 heteroatoms. The molecule has 1 aromatic heterocycles. The monoisotopic (exact) mass is 280 g/mol. The summed E-state index contributed by atoms with van der Waals surface area (Å²) < 4.78 is 10.3. The molecule has 2 heterocycles. The molecular weight excluding hydrogens is 256 g/mol. The van der Waals surface area contributed by atoms with Gasteiger partial charge in [-0.3, -0.25) is 4.90 Å². The summed E-state index contributed by atoms with van der Waals surface area (Å²) in [6.45, 7) is 7.58. The average Bonchev–Trinajstić information content (AvgIpc) is 2.85. The van der Waals surface area contributed by atoms with Crippen LogP contribution in [0.5, 0.6) is 0 Å². The van der Waals surface area contributed by atoms with Crippen molar-refractivity contribution in [3.63, 3.8) is 0 Å². The highest BCUT2D eigenvalue weighted by Gasteiger charge is 2.27. The minimum atomic E-state index is -0.424. The maximum atomic E-state index is 11.5. The number of furan rings is 1. The molecule has 0 saturated carbocycles. The molecule has 1 saturated heterocycles. The number of likely N-dealkylation sites (N-methyl/N-ethyl adjacent to an activating group) is 1. The van der Waals surface area contributed by atoms with E-state index in [9.17, 15) is 4.79 Å². The van der Waals surface area contributed by atoms with Gasteiger partial charge in [0.05, 0.1) is 13.2 Å². The van der Waals surface area contributed by atoms with Crippen molar-refractivity contribution in [1.29, 1.82) is 0 Å². The Morgan fingerprint density at radius 1 is 1.45 bits per heavy atom. The van der Waals surface area contributed by atoms with Gasteiger partial charge in [-0.25, -0.2) is 4.79 Å². The van der Waals surface area contributed by atoms with Crippen molar-refractivity contribution in [3.8, 4) is 0 Å². The molecule has 0 spiro atoms. The second-order valence-electron chi connectivity index (χ2n) is 5.57. The lowest BCUT2D eigenvalue weighted by Crippen LogP contribution is -2.39. The Hall–Kier alpha value is -1.33. The van der Waals surface area contributed by atoms with Crippen LogP contribution in [0.4, 0.5) is 0 Å². The summed E-state index contributed by atoms with van der Waals surface area (Å²) in [7, 11) is 3.52. The Balaban J connectivity index is 2.11. The van der Waals surface area contributed by atoms with Crippen LogP contribution in [0.15, 0.2) is 16.5 Å². The minimum Gasteiger partial charge on any atom is -0.463 e. The summed E-state index contributed by atoms with van der Waals surface area (Å²) in [6, 6.07) is 4.18. The summed E-state index contributed by atoms with van der Waals surface area (Å²) in [5.41, 5.74) is 0. The van der Waals surface area contributed by atoms with Gasteiger partial charge in [0.25, 0.3) is 0 Å². The maximum Gasteiger partial charge on any atom is 0.373 e. The minimum absolute atomic E-state index is 0.162. The van der Waals surface area contributed by atoms with Gasteiger partial charge in [0, 0.05) is 19.1 Å². The van der Waals surface area contributed by atoms with E-state index in [4.69, 9.17) is 4.42 Å². The van der Waals surface area contributed by atoms with Gasteiger partial charge < -0.3 is 14.1 Å². The number of hydrogen-bond acceptors (Lipinski definition) is 5. The predicted octanol–water partition coefficient (Wildman–Crippen LogP) is 2.15. The number of methoxy groups -OCH3 is 1. The van der Waals surface area contributed by atoms with Crippen molar-refractivity contribution in [1.82, 2.24) is 9.80 Å². The zero-order valence-electron chi connectivity index (χ0n) is 12.8. The molecule has 1 aromatic rings. The molecule has 0 aliphatic carbocycles. The molecule has 0 bridgehead atoms. The van der Waals surface area contributed by atoms with Gasteiger partial charge in [0.15, 0.2) is 0 Å². The second kappa shape index (κ2) is 6.41. The molecular formula is C15H24N2O3. The molecule has 1 aliphatic rings. The Kier molecular flexibility index (Phi) is 4.83. The van der Waals surface area contributed by atoms with E-state index in [1.807, 2.05) is 6.07 Å². The van der Waals surface area contributed by atoms with Gasteiger partial charge in [-0.15, -0.1) is 0 Å². The molecule has 1 aliphatic heterocycles. The second-order valence-corrected chi connectivity index (χ2v) is 5.57. The van der Waals surface area contributed by atoms with E-state index in [2.05, 4.69) is 35.4 Å². The Bertz CT molecular complexity index is 458. The Morgan fingerprint density at radius 2 is 2.20 bits per heavy atom. The maximum absolute atomic E-state index is 11.5. The van der Waals surface area contributed by atoms with Crippen molar-refractivity contribution in [2.75, 3.05) is 33.8 Å². The number of nitrogens with zero attached hydrogens (tertiary/aromatic N) is 2. The molecule has 0 amide bonds. The van der Waals surface area contributed by atoms with Crippen molar-refractivity contribution in [2.24, 2.45) is 0 Å². The van der Waals surface area contributed by atoms with Crippen LogP contribution in [-0.4, -0.2) is 55.6 Å². The summed E-state index contributed by atoms with van der Waals surface area (Å²) in [5.74, 6) is 0.669. The third kappa shape index (κ3) is 3.22. The van der Waals surface area contributed by atoms with Gasteiger partial charge in [0.1, 0.15) is 5.76 Å². The van der Waals surface area contributed by atoms with Crippen molar-refractivity contribution in [3.05, 3.63) is 23.7 Å². The van der Waals surface area contributed by atoms with Crippen LogP contribution in [0.25, 0.3) is 0 Å². The lowest BCUT2D eigenvalue weighted by atomic mass is 10.1. The Morgan fingerprint density at radius 3 is 2.90 bits per heavy atom. The van der Waals surface area contributed by atoms with Crippen LogP contribution in [0.3, 0.4) is 0 Å². The standard InChI is InChI=1S/C15H24N2O3/c1-11-10-16(3)8-5-9-17(11)12(2)13-6-7-14(20-13)15(18)19-4/h6-7,11-12H,5,8-10H2,1-4H3. The number of esters is 1. The van der Waals surface area contributed by atoms with Crippen LogP contribution in [-0.2, 0) is 4.74 Å². The number of ether oxygens (including phenoxy) is 1. The highest BCUT2D eigenvalue weighted by atomic mass is 16.5. The molecule has 2 atom stereocenters. The lowest BCUT2D eigenvalue weighted by Gasteiger charge is -2.32. The predicted molar refractivity (Wildman–Crippen MR) is 76.7 cm³/mol. The van der Waals surface area contributed by atoms with E-state index < -0.39 is 5.97 Å². The zero-order valence-corrected chi connectivity index (χ0v) is 12.8. The van der Waals surface area contributed by atoms with E-state index in [0.717, 1.165) is 31.8 Å². The number of carbonyl (C=O) groups excluding carboxylic acids is 1. The van der Waals surface area contributed by atoms with Crippen LogP contribution < -0.4 is 0 Å². The fourth-order valence-electron chi connectivity index (χ4n) is 2.92. The average molecular weight is 280 g/mol. The number of carbonyl (C=O) groups is 1. The molecule has 2 unspecified atom stereocenters. The van der Waals surface area contributed by atoms with Gasteiger partial charge in [-0.2, -0.15) is 0 Å². The summed E-state index contributed by atoms with van der Waals surface area (Å²) in [5, 5.41) is 0. The van der Waals surface area contributed by atoms with Crippen LogP contribution in [0, 0.1) is 0 Å². The zero-order chi connectivity index (χ0) is 14.7. The molecule has 1 fully saturated rings. The van der Waals surface area contributed by atoms with Gasteiger partial charge in [-0.1, -0.05) is 0 Å². The van der Waals surface area contributed by atoms with E-state index in [1.165, 1.54) is 7.11 Å². The SMILES string of the molecule is COC(=O)c1ccc(C(C)N2CCCN(C)CC2C)o1. The van der Waals surface area contributed by atoms with Crippen molar-refractivity contribution in [2.45, 2.75) is 32.4 Å². The lowest BCUT2D eigenvalue weighted by molar-refractivity contribution is 0.0556. The first kappa shape index (κ1) is 15.1. The van der Waals surface area contributed by atoms with Crippen molar-refractivity contribution >= 4 is 5.97 Å². The normalized spacial score (nSPS) is 23.3. The van der Waals surface area contributed by atoms with Crippen molar-refractivity contribution < 1.29 is 13.9 Å². The molecule has 20 heavy (non-hydrogen) atoms. The number of rotatable bonds is 3. The fraction of sp³-hybridized carbons (Fsp3) is 0.667. The van der Waals surface area contributed by atoms with Gasteiger partial charge in [0.2, 0.25) is 5.76 Å². The first-order chi connectivity index (χ1) is 9.52. The smallest absolute Gasteiger partial charge is 0.373 e. The van der Waals surface area contributed by atoms with E-state index >= 15 is 0 Å². The molecule has 112 valence electrons. The third-order valence-corrected chi connectivity index (χ3v) is 4.02. The van der Waals surface area contributed by atoms with E-state index in [-0.39, 0.29) is 11.8 Å². The molecule has 2 rings (SSSR count). The third-order valence-electron chi connectivity index (χ3n) is 4.02. The Labute approximate surface area is 120 Å². The first-order valence-corrected chi connectivity index (χ1v) is 7.15.